The van der Waals surface area contributed by atoms with E-state index >= 15 is 0 Å². The summed E-state index contributed by atoms with van der Waals surface area (Å²) >= 11 is 1.63. The van der Waals surface area contributed by atoms with E-state index in [4.69, 9.17) is 9.68 Å². The Bertz CT molecular complexity index is 1560. The number of guanidine groups is 2. The van der Waals surface area contributed by atoms with Gasteiger partial charge in [0.25, 0.3) is 0 Å². The molecule has 2 amide bonds. The van der Waals surface area contributed by atoms with E-state index in [9.17, 15) is 9.59 Å². The quantitative estimate of drug-likeness (QED) is 0.101. The lowest BCUT2D eigenvalue weighted by molar-refractivity contribution is 0.113. The van der Waals surface area contributed by atoms with Crippen LogP contribution >= 0.6 is 11.8 Å². The van der Waals surface area contributed by atoms with E-state index in [1.54, 1.807) is 21.6 Å². The van der Waals surface area contributed by atoms with Crippen LogP contribution in [-0.4, -0.2) is 107 Å². The Hall–Kier alpha value is -4.91. The first-order chi connectivity index (χ1) is 25.0. The molecule has 0 N–H and O–H groups in total. The van der Waals surface area contributed by atoms with Crippen LogP contribution in [0.1, 0.15) is 62.5 Å². The van der Waals surface area contributed by atoms with E-state index in [0.717, 1.165) is 85.9 Å². The molecule has 4 aliphatic heterocycles. The molecule has 51 heavy (non-hydrogen) atoms. The minimum atomic E-state index is -0.504. The maximum atomic E-state index is 13.0. The summed E-state index contributed by atoms with van der Waals surface area (Å²) in [4.78, 5) is 55.8. The Balaban J connectivity index is 1.09. The van der Waals surface area contributed by atoms with Crippen LogP contribution in [0.15, 0.2) is 104 Å². The summed E-state index contributed by atoms with van der Waals surface area (Å²) in [6, 6.07) is 16.1. The van der Waals surface area contributed by atoms with Gasteiger partial charge < -0.3 is 9.80 Å². The van der Waals surface area contributed by atoms with E-state index in [2.05, 4.69) is 43.3 Å². The number of allylic oxidation sites excluding steroid dienone is 2. The number of aliphatic imine (C=N–C) groups is 2. The molecule has 12 nitrogen and oxygen atoms in total. The van der Waals surface area contributed by atoms with Gasteiger partial charge >= 0.3 is 12.2 Å². The fourth-order valence-corrected chi connectivity index (χ4v) is 7.24. The highest BCUT2D eigenvalue weighted by Gasteiger charge is 2.32. The van der Waals surface area contributed by atoms with Crippen LogP contribution in [0, 0.1) is 0 Å². The summed E-state index contributed by atoms with van der Waals surface area (Å²) in [6.07, 6.45) is 8.97. The lowest BCUT2D eigenvalue weighted by atomic mass is 10.1. The van der Waals surface area contributed by atoms with E-state index in [-0.39, 0.29) is 0 Å². The SMILES string of the molecule is C=CCC/C(=N\OC(=O)N1CCCN2CCCN=C21)c1ccc(Sc2ccc(/C(CCC=C)=N/OC(=O)N3CCCN4CCCN=C43)cc2)cc1. The van der Waals surface area contributed by atoms with Gasteiger partial charge in [0.15, 0.2) is 0 Å². The third-order valence-electron chi connectivity index (χ3n) is 9.04. The number of nitrogens with zero attached hydrogens (tertiary/aromatic N) is 8. The number of hydrogen-bond donors (Lipinski definition) is 0. The van der Waals surface area contributed by atoms with Crippen LogP contribution in [0.4, 0.5) is 9.59 Å². The van der Waals surface area contributed by atoms with Crippen molar-refractivity contribution < 1.29 is 19.3 Å². The summed E-state index contributed by atoms with van der Waals surface area (Å²) < 4.78 is 0. The second-order valence-corrected chi connectivity index (χ2v) is 13.8. The van der Waals surface area contributed by atoms with Crippen molar-refractivity contribution in [1.29, 1.82) is 0 Å². The molecule has 268 valence electrons. The third-order valence-corrected chi connectivity index (χ3v) is 10.1. The Morgan fingerprint density at radius 2 is 1.06 bits per heavy atom. The molecular weight excluding hydrogens is 665 g/mol. The average Bonchev–Trinajstić information content (AvgIpc) is 3.18. The smallest absolute Gasteiger partial charge is 0.342 e. The Kier molecular flexibility index (Phi) is 12.6. The first kappa shape index (κ1) is 35.9. The highest BCUT2D eigenvalue weighted by Crippen LogP contribution is 2.29. The van der Waals surface area contributed by atoms with E-state index in [0.29, 0.717) is 62.1 Å². The molecule has 0 radical (unpaired) electrons. The highest BCUT2D eigenvalue weighted by molar-refractivity contribution is 7.99. The number of oxime groups is 2. The lowest BCUT2D eigenvalue weighted by Crippen LogP contribution is -2.54. The van der Waals surface area contributed by atoms with Crippen LogP contribution in [0.5, 0.6) is 0 Å². The number of carbonyl (C=O) groups is 2. The number of rotatable bonds is 12. The number of amides is 2. The van der Waals surface area contributed by atoms with Crippen LogP contribution in [0.25, 0.3) is 0 Å². The molecule has 4 heterocycles. The van der Waals surface area contributed by atoms with Gasteiger partial charge in [0.1, 0.15) is 0 Å². The summed E-state index contributed by atoms with van der Waals surface area (Å²) in [7, 11) is 0. The molecular formula is C38H46N8O4S. The standard InChI is InChI=1S/C38H46N8O4S/c1-3-5-11-33(41-49-37(47)45-27-9-25-43-23-7-21-39-35(43)45)29-13-17-31(18-14-29)51-32-19-15-30(16-20-32)34(12-6-4-2)42-50-38(48)46-28-10-26-44-24-8-22-40-36(44)46/h3-4,13-20H,1-2,5-12,21-28H2/b41-33+,42-34+. The largest absolute Gasteiger partial charge is 0.442 e. The minimum absolute atomic E-state index is 0.504. The zero-order valence-corrected chi connectivity index (χ0v) is 29.9. The molecule has 13 heteroatoms. The van der Waals surface area contributed by atoms with Gasteiger partial charge in [-0.25, -0.2) is 19.4 Å². The van der Waals surface area contributed by atoms with Crippen molar-refractivity contribution in [3.63, 3.8) is 0 Å². The first-order valence-electron chi connectivity index (χ1n) is 17.8. The number of hydrogen-bond acceptors (Lipinski definition) is 11. The maximum absolute atomic E-state index is 13.0. The summed E-state index contributed by atoms with van der Waals surface area (Å²) in [6.45, 7) is 13.9. The van der Waals surface area contributed by atoms with Crippen molar-refractivity contribution in [2.45, 2.75) is 61.2 Å². The molecule has 4 aliphatic rings. The molecule has 2 aromatic rings. The van der Waals surface area contributed by atoms with Gasteiger partial charge in [0, 0.05) is 62.1 Å². The topological polar surface area (TPSA) is 115 Å². The Labute approximate surface area is 304 Å². The molecule has 0 bridgehead atoms. The average molecular weight is 711 g/mol. The molecule has 0 unspecified atom stereocenters. The monoisotopic (exact) mass is 710 g/mol. The molecule has 2 fully saturated rings. The van der Waals surface area contributed by atoms with Crippen LogP contribution in [0.3, 0.4) is 0 Å². The van der Waals surface area contributed by atoms with Gasteiger partial charge in [-0.05, 0) is 86.8 Å². The van der Waals surface area contributed by atoms with Crippen molar-refractivity contribution in [3.05, 3.63) is 85.0 Å². The van der Waals surface area contributed by atoms with Gasteiger partial charge in [0.05, 0.1) is 11.4 Å². The molecule has 2 aromatic carbocycles. The molecule has 2 saturated heterocycles. The van der Waals surface area contributed by atoms with Crippen molar-refractivity contribution in [1.82, 2.24) is 19.6 Å². The normalized spacial score (nSPS) is 17.9. The molecule has 6 rings (SSSR count). The molecule has 0 spiro atoms. The fourth-order valence-electron chi connectivity index (χ4n) is 6.42. The van der Waals surface area contributed by atoms with Crippen LogP contribution in [-0.2, 0) is 9.68 Å². The minimum Gasteiger partial charge on any atom is -0.342 e. The highest BCUT2D eigenvalue weighted by atomic mass is 32.2. The second-order valence-electron chi connectivity index (χ2n) is 12.7. The number of fused-ring (bicyclic) bond motifs is 2. The molecule has 0 aromatic heterocycles. The maximum Gasteiger partial charge on any atom is 0.442 e. The lowest BCUT2D eigenvalue weighted by Gasteiger charge is -2.38. The predicted molar refractivity (Wildman–Crippen MR) is 202 cm³/mol. The molecule has 0 aliphatic carbocycles. The fraction of sp³-hybridized carbons (Fsp3) is 0.421. The van der Waals surface area contributed by atoms with E-state index in [1.807, 2.05) is 60.7 Å². The van der Waals surface area contributed by atoms with Gasteiger partial charge in [0.2, 0.25) is 11.9 Å². The van der Waals surface area contributed by atoms with Gasteiger partial charge in [-0.2, -0.15) is 0 Å². The Morgan fingerprint density at radius 3 is 1.47 bits per heavy atom. The van der Waals surface area contributed by atoms with Gasteiger partial charge in [-0.15, -0.1) is 13.2 Å². The van der Waals surface area contributed by atoms with Crippen molar-refractivity contribution in [2.24, 2.45) is 20.3 Å². The summed E-state index contributed by atoms with van der Waals surface area (Å²) in [5.41, 5.74) is 3.12. The Morgan fingerprint density at radius 1 is 0.647 bits per heavy atom. The van der Waals surface area contributed by atoms with Crippen molar-refractivity contribution >= 4 is 47.3 Å². The van der Waals surface area contributed by atoms with E-state index in [1.165, 1.54) is 0 Å². The second kappa shape index (κ2) is 17.8. The van der Waals surface area contributed by atoms with Gasteiger partial charge in [-0.3, -0.25) is 19.7 Å². The first-order valence-corrected chi connectivity index (χ1v) is 18.7. The number of carbonyl (C=O) groups excluding carboxylic acids is 2. The molecule has 0 atom stereocenters. The zero-order valence-electron chi connectivity index (χ0n) is 29.1. The van der Waals surface area contributed by atoms with Crippen molar-refractivity contribution in [2.75, 3.05) is 52.4 Å². The number of benzene rings is 2. The van der Waals surface area contributed by atoms with Gasteiger partial charge in [-0.1, -0.05) is 58.5 Å². The third kappa shape index (κ3) is 9.26. The zero-order chi connectivity index (χ0) is 35.4. The van der Waals surface area contributed by atoms with Crippen LogP contribution in [0.2, 0.25) is 0 Å². The van der Waals surface area contributed by atoms with Crippen LogP contribution < -0.4 is 0 Å². The molecule has 0 saturated carbocycles. The summed E-state index contributed by atoms with van der Waals surface area (Å²) in [5.74, 6) is 1.38. The predicted octanol–water partition coefficient (Wildman–Crippen LogP) is 6.99. The van der Waals surface area contributed by atoms with Crippen molar-refractivity contribution in [3.8, 4) is 0 Å². The van der Waals surface area contributed by atoms with E-state index < -0.39 is 12.2 Å². The summed E-state index contributed by atoms with van der Waals surface area (Å²) in [5, 5.41) is 8.63.